The highest BCUT2D eigenvalue weighted by molar-refractivity contribution is 5.42. The summed E-state index contributed by atoms with van der Waals surface area (Å²) in [5, 5.41) is 1.96. The molecule has 4 heteroatoms. The first-order valence-electron chi connectivity index (χ1n) is 7.97. The number of allylic oxidation sites excluding steroid dienone is 2. The van der Waals surface area contributed by atoms with Crippen LogP contribution < -0.4 is 9.47 Å². The molecule has 0 heterocycles. The molecule has 0 aliphatic carbocycles. The molecule has 1 aromatic carbocycles. The topological polar surface area (TPSA) is 30.9 Å². The number of hydrogen-bond acceptors (Lipinski definition) is 4. The third kappa shape index (κ3) is 5.60. The molecule has 0 spiro atoms. The summed E-state index contributed by atoms with van der Waals surface area (Å²) >= 11 is 0. The molecule has 0 atom stereocenters. The lowest BCUT2D eigenvalue weighted by molar-refractivity contribution is -0.115. The Labute approximate surface area is 134 Å². The Hall–Kier alpha value is -1.68. The Bertz CT molecular complexity index is 467. The van der Waals surface area contributed by atoms with Gasteiger partial charge in [-0.3, -0.25) is 0 Å². The number of hydrogen-bond donors (Lipinski definition) is 0. The Kier molecular flexibility index (Phi) is 8.44. The molecule has 22 heavy (non-hydrogen) atoms. The van der Waals surface area contributed by atoms with Gasteiger partial charge in [0.05, 0.1) is 14.2 Å². The maximum Gasteiger partial charge on any atom is 0.160 e. The summed E-state index contributed by atoms with van der Waals surface area (Å²) < 4.78 is 10.6. The third-order valence-corrected chi connectivity index (χ3v) is 3.61. The van der Waals surface area contributed by atoms with Crippen molar-refractivity contribution in [2.75, 3.05) is 27.3 Å². The quantitative estimate of drug-likeness (QED) is 0.479. The van der Waals surface area contributed by atoms with Crippen LogP contribution >= 0.6 is 0 Å². The van der Waals surface area contributed by atoms with Crippen molar-refractivity contribution in [3.63, 3.8) is 0 Å². The van der Waals surface area contributed by atoms with Crippen LogP contribution in [-0.4, -0.2) is 32.4 Å². The Morgan fingerprint density at radius 2 is 1.77 bits per heavy atom. The summed E-state index contributed by atoms with van der Waals surface area (Å²) in [5.41, 5.74) is 1.25. The molecule has 0 fully saturated rings. The van der Waals surface area contributed by atoms with E-state index in [-0.39, 0.29) is 0 Å². The zero-order valence-corrected chi connectivity index (χ0v) is 14.5. The van der Waals surface area contributed by atoms with Crippen molar-refractivity contribution < 1.29 is 14.3 Å². The molecule has 0 amide bonds. The fraction of sp³-hybridized carbons (Fsp3) is 0.556. The average Bonchev–Trinajstić information content (AvgIpc) is 2.57. The van der Waals surface area contributed by atoms with Crippen molar-refractivity contribution >= 4 is 0 Å². The molecule has 0 aliphatic heterocycles. The van der Waals surface area contributed by atoms with E-state index in [1.807, 2.05) is 30.2 Å². The number of ether oxygens (including phenoxy) is 2. The third-order valence-electron chi connectivity index (χ3n) is 3.61. The van der Waals surface area contributed by atoms with E-state index in [0.717, 1.165) is 49.6 Å². The van der Waals surface area contributed by atoms with Crippen LogP contribution in [0.5, 0.6) is 11.5 Å². The van der Waals surface area contributed by atoms with Crippen molar-refractivity contribution in [2.45, 2.75) is 40.0 Å². The summed E-state index contributed by atoms with van der Waals surface area (Å²) in [7, 11) is 3.32. The number of rotatable bonds is 10. The van der Waals surface area contributed by atoms with Gasteiger partial charge in [-0.1, -0.05) is 6.07 Å². The van der Waals surface area contributed by atoms with Gasteiger partial charge in [0, 0.05) is 19.5 Å². The van der Waals surface area contributed by atoms with Crippen molar-refractivity contribution in [1.82, 2.24) is 5.06 Å². The molecule has 0 unspecified atom stereocenters. The van der Waals surface area contributed by atoms with Gasteiger partial charge in [0.1, 0.15) is 5.76 Å². The summed E-state index contributed by atoms with van der Waals surface area (Å²) in [6.07, 6.45) is 5.00. The van der Waals surface area contributed by atoms with Gasteiger partial charge in [-0.05, 0) is 57.4 Å². The van der Waals surface area contributed by atoms with E-state index in [9.17, 15) is 0 Å². The van der Waals surface area contributed by atoms with Crippen molar-refractivity contribution in [3.05, 3.63) is 35.6 Å². The van der Waals surface area contributed by atoms with Gasteiger partial charge in [-0.2, -0.15) is 0 Å². The van der Waals surface area contributed by atoms with Crippen molar-refractivity contribution in [2.24, 2.45) is 0 Å². The number of hydroxylamine groups is 2. The van der Waals surface area contributed by atoms with Crippen molar-refractivity contribution in [1.29, 1.82) is 0 Å². The highest BCUT2D eigenvalue weighted by Gasteiger charge is 2.07. The van der Waals surface area contributed by atoms with E-state index in [1.54, 1.807) is 14.2 Å². The molecule has 0 saturated heterocycles. The zero-order chi connectivity index (χ0) is 16.4. The first-order chi connectivity index (χ1) is 10.7. The Morgan fingerprint density at radius 3 is 2.32 bits per heavy atom. The number of aryl methyl sites for hydroxylation is 1. The summed E-state index contributed by atoms with van der Waals surface area (Å²) in [4.78, 5) is 5.87. The lowest BCUT2D eigenvalue weighted by Crippen LogP contribution is -2.22. The number of methoxy groups -OCH3 is 2. The summed E-state index contributed by atoms with van der Waals surface area (Å²) in [6, 6.07) is 6.08. The van der Waals surface area contributed by atoms with Crippen LogP contribution in [0.2, 0.25) is 0 Å². The van der Waals surface area contributed by atoms with E-state index >= 15 is 0 Å². The van der Waals surface area contributed by atoms with E-state index in [1.165, 1.54) is 5.56 Å². The maximum atomic E-state index is 5.87. The molecule has 4 nitrogen and oxygen atoms in total. The highest BCUT2D eigenvalue weighted by Crippen LogP contribution is 2.28. The van der Waals surface area contributed by atoms with Gasteiger partial charge in [-0.25, -0.2) is 0 Å². The fourth-order valence-electron chi connectivity index (χ4n) is 2.26. The number of nitrogens with zero attached hydrogens (tertiary/aromatic N) is 1. The first-order valence-corrected chi connectivity index (χ1v) is 7.97. The van der Waals surface area contributed by atoms with E-state index in [2.05, 4.69) is 19.9 Å². The largest absolute Gasteiger partial charge is 0.493 e. The molecule has 0 bridgehead atoms. The Morgan fingerprint density at radius 1 is 1.09 bits per heavy atom. The SMILES string of the molecule is CC=C(CCCc1ccc(OC)c(OC)c1)ON(CC)CC. The van der Waals surface area contributed by atoms with E-state index in [4.69, 9.17) is 14.3 Å². The fourth-order valence-corrected chi connectivity index (χ4v) is 2.26. The lowest BCUT2D eigenvalue weighted by Gasteiger charge is -2.21. The van der Waals surface area contributed by atoms with Gasteiger partial charge in [0.2, 0.25) is 0 Å². The molecule has 1 rings (SSSR count). The summed E-state index contributed by atoms with van der Waals surface area (Å²) in [5.74, 6) is 2.58. The van der Waals surface area contributed by atoms with Crippen LogP contribution in [0.1, 0.15) is 39.2 Å². The minimum Gasteiger partial charge on any atom is -0.493 e. The monoisotopic (exact) mass is 307 g/mol. The average molecular weight is 307 g/mol. The first kappa shape index (κ1) is 18.4. The molecule has 0 aromatic heterocycles. The summed E-state index contributed by atoms with van der Waals surface area (Å²) in [6.45, 7) is 8.00. The highest BCUT2D eigenvalue weighted by atomic mass is 16.7. The van der Waals surface area contributed by atoms with Crippen LogP contribution in [0.15, 0.2) is 30.0 Å². The Balaban J connectivity index is 2.52. The predicted octanol–water partition coefficient (Wildman–Crippen LogP) is 4.20. The smallest absolute Gasteiger partial charge is 0.160 e. The normalized spacial score (nSPS) is 11.6. The van der Waals surface area contributed by atoms with E-state index < -0.39 is 0 Å². The van der Waals surface area contributed by atoms with Gasteiger partial charge in [0.25, 0.3) is 0 Å². The molecule has 124 valence electrons. The van der Waals surface area contributed by atoms with Crippen LogP contribution in [0.3, 0.4) is 0 Å². The second-order valence-electron chi connectivity index (χ2n) is 5.00. The molecular formula is C18H29NO3. The molecule has 0 N–H and O–H groups in total. The van der Waals surface area contributed by atoms with Crippen LogP contribution in [-0.2, 0) is 11.3 Å². The maximum absolute atomic E-state index is 5.87. The predicted molar refractivity (Wildman–Crippen MR) is 90.2 cm³/mol. The van der Waals surface area contributed by atoms with Gasteiger partial charge in [-0.15, -0.1) is 5.06 Å². The van der Waals surface area contributed by atoms with Crippen molar-refractivity contribution in [3.8, 4) is 11.5 Å². The van der Waals surface area contributed by atoms with Crippen LogP contribution in [0.25, 0.3) is 0 Å². The van der Waals surface area contributed by atoms with E-state index in [0.29, 0.717) is 0 Å². The molecular weight excluding hydrogens is 278 g/mol. The number of benzene rings is 1. The molecule has 0 saturated carbocycles. The second kappa shape index (κ2) is 10.1. The minimum atomic E-state index is 0.769. The zero-order valence-electron chi connectivity index (χ0n) is 14.5. The van der Waals surface area contributed by atoms with Gasteiger partial charge in [0.15, 0.2) is 11.5 Å². The van der Waals surface area contributed by atoms with Gasteiger partial charge >= 0.3 is 0 Å². The van der Waals surface area contributed by atoms with Crippen LogP contribution in [0, 0.1) is 0 Å². The molecule has 0 radical (unpaired) electrons. The van der Waals surface area contributed by atoms with Crippen LogP contribution in [0.4, 0.5) is 0 Å². The van der Waals surface area contributed by atoms with Gasteiger partial charge < -0.3 is 14.3 Å². The standard InChI is InChI=1S/C18H29NO3/c1-6-16(22-19(7-2)8-3)11-9-10-15-12-13-17(20-4)18(14-15)21-5/h6,12-14H,7-11H2,1-5H3. The molecule has 1 aromatic rings. The lowest BCUT2D eigenvalue weighted by atomic mass is 10.1. The second-order valence-corrected chi connectivity index (χ2v) is 5.00. The minimum absolute atomic E-state index is 0.769. The molecule has 0 aliphatic rings.